The molecule has 1 fully saturated rings. The number of nitrogens with zero attached hydrogens (tertiary/aromatic N) is 4. The van der Waals surface area contributed by atoms with Crippen LogP contribution in [-0.2, 0) is 28.9 Å². The quantitative estimate of drug-likeness (QED) is 0.856. The van der Waals surface area contributed by atoms with Crippen LogP contribution in [0, 0.1) is 0 Å². The van der Waals surface area contributed by atoms with E-state index < -0.39 is 0 Å². The van der Waals surface area contributed by atoms with Crippen molar-refractivity contribution in [2.45, 2.75) is 51.3 Å². The minimum absolute atomic E-state index is 0.101. The number of benzene rings is 1. The predicted molar refractivity (Wildman–Crippen MR) is 93.0 cm³/mol. The van der Waals surface area contributed by atoms with Crippen LogP contribution >= 0.6 is 0 Å². The summed E-state index contributed by atoms with van der Waals surface area (Å²) in [6, 6.07) is 10.6. The molecule has 6 heteroatoms. The molecule has 6 nitrogen and oxygen atoms in total. The van der Waals surface area contributed by atoms with Crippen molar-refractivity contribution >= 4 is 5.91 Å². The fourth-order valence-corrected chi connectivity index (χ4v) is 3.83. The molecule has 1 amide bonds. The minimum Gasteiger partial charge on any atom is -0.368 e. The summed E-state index contributed by atoms with van der Waals surface area (Å²) < 4.78 is 7.76. The first kappa shape index (κ1) is 16.3. The minimum atomic E-state index is -0.265. The third kappa shape index (κ3) is 3.31. The largest absolute Gasteiger partial charge is 0.368 e. The number of ether oxygens (including phenoxy) is 1. The first-order valence-electron chi connectivity index (χ1n) is 9.09. The second-order valence-electron chi connectivity index (χ2n) is 6.96. The maximum Gasteiger partial charge on any atom is 0.252 e. The van der Waals surface area contributed by atoms with Gasteiger partial charge in [0, 0.05) is 19.6 Å². The van der Waals surface area contributed by atoms with Gasteiger partial charge in [-0.1, -0.05) is 30.3 Å². The van der Waals surface area contributed by atoms with Gasteiger partial charge in [-0.25, -0.2) is 0 Å². The number of carbonyl (C=O) groups is 1. The number of rotatable bonds is 4. The zero-order chi connectivity index (χ0) is 17.2. The van der Waals surface area contributed by atoms with E-state index in [1.54, 1.807) is 0 Å². The summed E-state index contributed by atoms with van der Waals surface area (Å²) in [6.45, 7) is 4.05. The van der Waals surface area contributed by atoms with Gasteiger partial charge in [-0.3, -0.25) is 4.79 Å². The topological polar surface area (TPSA) is 60.3 Å². The van der Waals surface area contributed by atoms with Gasteiger partial charge in [-0.05, 0) is 31.7 Å². The number of aromatic nitrogens is 3. The SMILES string of the molecule is C[C@H]1CN(C(=O)[C@H]2CCCO2)Cc2nnc(CCc3ccccc3)n21. The van der Waals surface area contributed by atoms with Crippen LogP contribution in [0.1, 0.15) is 43.0 Å². The molecule has 1 aromatic heterocycles. The molecular weight excluding hydrogens is 316 g/mol. The number of aryl methyl sites for hydroxylation is 2. The van der Waals surface area contributed by atoms with E-state index >= 15 is 0 Å². The van der Waals surface area contributed by atoms with Crippen molar-refractivity contribution in [2.24, 2.45) is 0 Å². The standard InChI is InChI=1S/C19H24N4O2/c1-14-12-22(19(24)16-8-5-11-25-16)13-18-21-20-17(23(14)18)10-9-15-6-3-2-4-7-15/h2-4,6-7,14,16H,5,8-13H2,1H3/t14-,16+/m0/s1. The van der Waals surface area contributed by atoms with Crippen LogP contribution in [0.4, 0.5) is 0 Å². The van der Waals surface area contributed by atoms with Crippen molar-refractivity contribution in [2.75, 3.05) is 13.2 Å². The van der Waals surface area contributed by atoms with Gasteiger partial charge < -0.3 is 14.2 Å². The maximum atomic E-state index is 12.6. The summed E-state index contributed by atoms with van der Waals surface area (Å²) in [7, 11) is 0. The molecule has 0 unspecified atom stereocenters. The van der Waals surface area contributed by atoms with E-state index in [0.717, 1.165) is 37.3 Å². The molecule has 2 atom stereocenters. The monoisotopic (exact) mass is 340 g/mol. The molecule has 132 valence electrons. The Bertz CT molecular complexity index is 737. The van der Waals surface area contributed by atoms with E-state index in [2.05, 4.69) is 46.0 Å². The molecule has 1 saturated heterocycles. The van der Waals surface area contributed by atoms with Crippen molar-refractivity contribution in [3.8, 4) is 0 Å². The molecule has 4 rings (SSSR count). The summed E-state index contributed by atoms with van der Waals surface area (Å²) in [6.07, 6.45) is 3.35. The van der Waals surface area contributed by atoms with E-state index in [9.17, 15) is 4.79 Å². The Morgan fingerprint density at radius 3 is 2.84 bits per heavy atom. The van der Waals surface area contributed by atoms with Crippen LogP contribution in [0.5, 0.6) is 0 Å². The summed E-state index contributed by atoms with van der Waals surface area (Å²) in [5, 5.41) is 8.76. The first-order valence-corrected chi connectivity index (χ1v) is 9.09. The number of hydrogen-bond acceptors (Lipinski definition) is 4. The smallest absolute Gasteiger partial charge is 0.252 e. The fraction of sp³-hybridized carbons (Fsp3) is 0.526. The summed E-state index contributed by atoms with van der Waals surface area (Å²) >= 11 is 0. The second kappa shape index (κ2) is 6.96. The van der Waals surface area contributed by atoms with E-state index in [4.69, 9.17) is 4.74 Å². The molecule has 25 heavy (non-hydrogen) atoms. The van der Waals surface area contributed by atoms with Crippen molar-refractivity contribution < 1.29 is 9.53 Å². The molecule has 0 aliphatic carbocycles. The molecule has 1 aromatic carbocycles. The highest BCUT2D eigenvalue weighted by atomic mass is 16.5. The highest BCUT2D eigenvalue weighted by molar-refractivity contribution is 5.81. The van der Waals surface area contributed by atoms with Gasteiger partial charge in [0.05, 0.1) is 12.6 Å². The molecule has 0 bridgehead atoms. The molecule has 2 aliphatic rings. The van der Waals surface area contributed by atoms with E-state index in [1.165, 1.54) is 5.56 Å². The van der Waals surface area contributed by atoms with Gasteiger partial charge in [0.15, 0.2) is 5.82 Å². The van der Waals surface area contributed by atoms with E-state index in [-0.39, 0.29) is 18.1 Å². The third-order valence-electron chi connectivity index (χ3n) is 5.09. The Balaban J connectivity index is 1.46. The van der Waals surface area contributed by atoms with E-state index in [1.807, 2.05) is 11.0 Å². The summed E-state index contributed by atoms with van der Waals surface area (Å²) in [5.74, 6) is 1.99. The molecule has 2 aliphatic heterocycles. The lowest BCUT2D eigenvalue weighted by atomic mass is 10.1. The maximum absolute atomic E-state index is 12.6. The summed E-state index contributed by atoms with van der Waals surface area (Å²) in [5.41, 5.74) is 1.30. The van der Waals surface area contributed by atoms with Crippen molar-refractivity contribution in [3.63, 3.8) is 0 Å². The van der Waals surface area contributed by atoms with Crippen molar-refractivity contribution in [1.29, 1.82) is 0 Å². The lowest BCUT2D eigenvalue weighted by Crippen LogP contribution is -2.45. The Morgan fingerprint density at radius 1 is 1.24 bits per heavy atom. The third-order valence-corrected chi connectivity index (χ3v) is 5.09. The lowest BCUT2D eigenvalue weighted by molar-refractivity contribution is -0.143. The highest BCUT2D eigenvalue weighted by Crippen LogP contribution is 2.25. The zero-order valence-corrected chi connectivity index (χ0v) is 14.6. The van der Waals surface area contributed by atoms with Gasteiger partial charge in [-0.15, -0.1) is 10.2 Å². The van der Waals surface area contributed by atoms with Crippen molar-refractivity contribution in [1.82, 2.24) is 19.7 Å². The molecule has 0 N–H and O–H groups in total. The van der Waals surface area contributed by atoms with E-state index in [0.29, 0.717) is 19.7 Å². The Morgan fingerprint density at radius 2 is 2.08 bits per heavy atom. The molecule has 0 spiro atoms. The van der Waals surface area contributed by atoms with Crippen LogP contribution in [0.2, 0.25) is 0 Å². The van der Waals surface area contributed by atoms with Gasteiger partial charge >= 0.3 is 0 Å². The van der Waals surface area contributed by atoms with Crippen LogP contribution < -0.4 is 0 Å². The van der Waals surface area contributed by atoms with Gasteiger partial charge in [0.2, 0.25) is 0 Å². The van der Waals surface area contributed by atoms with Crippen LogP contribution in [0.25, 0.3) is 0 Å². The predicted octanol–water partition coefficient (Wildman–Crippen LogP) is 2.15. The average molecular weight is 340 g/mol. The lowest BCUT2D eigenvalue weighted by Gasteiger charge is -2.33. The average Bonchev–Trinajstić information content (AvgIpc) is 3.30. The first-order chi connectivity index (χ1) is 12.2. The summed E-state index contributed by atoms with van der Waals surface area (Å²) in [4.78, 5) is 14.5. The molecule has 3 heterocycles. The molecule has 2 aromatic rings. The highest BCUT2D eigenvalue weighted by Gasteiger charge is 2.34. The molecule has 0 radical (unpaired) electrons. The van der Waals surface area contributed by atoms with Crippen molar-refractivity contribution in [3.05, 3.63) is 47.5 Å². The van der Waals surface area contributed by atoms with Gasteiger partial charge in [0.1, 0.15) is 11.9 Å². The van der Waals surface area contributed by atoms with Gasteiger partial charge in [-0.2, -0.15) is 0 Å². The number of fused-ring (bicyclic) bond motifs is 1. The van der Waals surface area contributed by atoms with Crippen LogP contribution in [-0.4, -0.2) is 44.8 Å². The Hall–Kier alpha value is -2.21. The second-order valence-corrected chi connectivity index (χ2v) is 6.96. The number of amides is 1. The Kier molecular flexibility index (Phi) is 4.53. The van der Waals surface area contributed by atoms with Crippen LogP contribution in [0.3, 0.4) is 0 Å². The normalized spacial score (nSPS) is 22.8. The fourth-order valence-electron chi connectivity index (χ4n) is 3.83. The molecular formula is C19H24N4O2. The molecule has 0 saturated carbocycles. The number of hydrogen-bond donors (Lipinski definition) is 0. The van der Waals surface area contributed by atoms with Gasteiger partial charge in [0.25, 0.3) is 5.91 Å². The zero-order valence-electron chi connectivity index (χ0n) is 14.6. The van der Waals surface area contributed by atoms with Crippen LogP contribution in [0.15, 0.2) is 30.3 Å². The number of carbonyl (C=O) groups excluding carboxylic acids is 1. The Labute approximate surface area is 147 Å².